The van der Waals surface area contributed by atoms with Crippen LogP contribution in [0.25, 0.3) is 0 Å². The van der Waals surface area contributed by atoms with Crippen LogP contribution < -0.4 is 15.0 Å². The van der Waals surface area contributed by atoms with Crippen molar-refractivity contribution in [3.63, 3.8) is 0 Å². The number of nitrogens with one attached hydrogen (secondary N) is 2. The first-order chi connectivity index (χ1) is 7.38. The molecule has 1 aliphatic rings. The summed E-state index contributed by atoms with van der Waals surface area (Å²) in [6.07, 6.45) is 3.66. The first kappa shape index (κ1) is 10.0. The molecule has 0 unspecified atom stereocenters. The van der Waals surface area contributed by atoms with Crippen molar-refractivity contribution < 1.29 is 9.73 Å². The Hall–Kier alpha value is -1.51. The van der Waals surface area contributed by atoms with Gasteiger partial charge in [0, 0.05) is 6.42 Å². The van der Waals surface area contributed by atoms with Crippen molar-refractivity contribution in [1.82, 2.24) is 0 Å². The summed E-state index contributed by atoms with van der Waals surface area (Å²) >= 11 is 0. The van der Waals surface area contributed by atoms with Crippen LogP contribution in [0.2, 0.25) is 0 Å². The van der Waals surface area contributed by atoms with E-state index in [1.807, 2.05) is 24.3 Å². The molecule has 0 radical (unpaired) electrons. The van der Waals surface area contributed by atoms with Crippen molar-refractivity contribution in [3.8, 4) is 5.75 Å². The van der Waals surface area contributed by atoms with Crippen LogP contribution in [0.4, 0.5) is 5.69 Å². The number of hydrogen-bond acceptors (Lipinski definition) is 2. The van der Waals surface area contributed by atoms with E-state index in [0.717, 1.165) is 24.4 Å². The number of amidine groups is 1. The van der Waals surface area contributed by atoms with Crippen molar-refractivity contribution in [2.45, 2.75) is 19.3 Å². The van der Waals surface area contributed by atoms with E-state index in [0.29, 0.717) is 0 Å². The summed E-state index contributed by atoms with van der Waals surface area (Å²) in [4.78, 5) is 3.37. The maximum atomic E-state index is 5.11. The molecule has 3 nitrogen and oxygen atoms in total. The largest absolute Gasteiger partial charge is 0.497 e. The molecule has 2 N–H and O–H groups in total. The van der Waals surface area contributed by atoms with E-state index in [4.69, 9.17) is 4.74 Å². The predicted molar refractivity (Wildman–Crippen MR) is 61.3 cm³/mol. The molecule has 0 fully saturated rings. The summed E-state index contributed by atoms with van der Waals surface area (Å²) in [5, 5.41) is 3.38. The molecule has 0 bridgehead atoms. The van der Waals surface area contributed by atoms with Crippen molar-refractivity contribution in [1.29, 1.82) is 0 Å². The zero-order valence-electron chi connectivity index (χ0n) is 9.05. The third-order valence-electron chi connectivity index (χ3n) is 2.58. The summed E-state index contributed by atoms with van der Waals surface area (Å²) in [6, 6.07) is 7.99. The smallest absolute Gasteiger partial charge is 0.247 e. The van der Waals surface area contributed by atoms with Gasteiger partial charge >= 0.3 is 0 Å². The number of rotatable bonds is 2. The maximum absolute atomic E-state index is 5.11. The van der Waals surface area contributed by atoms with E-state index in [9.17, 15) is 0 Å². The van der Waals surface area contributed by atoms with Gasteiger partial charge in [-0.2, -0.15) is 0 Å². The molecule has 1 heterocycles. The normalized spacial score (nSPS) is 15.7. The number of benzene rings is 1. The summed E-state index contributed by atoms with van der Waals surface area (Å²) in [5.41, 5.74) is 1.11. The molecule has 0 atom stereocenters. The second-order valence-electron chi connectivity index (χ2n) is 3.72. The fraction of sp³-hybridized carbons (Fsp3) is 0.417. The van der Waals surface area contributed by atoms with Gasteiger partial charge in [-0.1, -0.05) is 0 Å². The van der Waals surface area contributed by atoms with Crippen molar-refractivity contribution in [2.24, 2.45) is 0 Å². The van der Waals surface area contributed by atoms with E-state index in [1.54, 1.807) is 7.11 Å². The van der Waals surface area contributed by atoms with Crippen LogP contribution in [0, 0.1) is 0 Å². The number of ether oxygens (including phenoxy) is 1. The standard InChI is InChI=1S/C12H16N2O/c1-15-11-7-5-10(6-8-11)14-12-4-2-3-9-13-12/h5-8H,2-4,9H2,1H3,(H,13,14)/p+1. The number of hydrogen-bond donors (Lipinski definition) is 2. The van der Waals surface area contributed by atoms with Crippen LogP contribution in [0.5, 0.6) is 5.75 Å². The van der Waals surface area contributed by atoms with Crippen LogP contribution >= 0.6 is 0 Å². The SMILES string of the molecule is COc1ccc(NC2=[NH+]CCCC2)cc1. The Kier molecular flexibility index (Phi) is 3.22. The van der Waals surface area contributed by atoms with Gasteiger partial charge in [-0.3, -0.25) is 4.99 Å². The van der Waals surface area contributed by atoms with Crippen LogP contribution in [-0.2, 0) is 0 Å². The molecule has 3 heteroatoms. The third kappa shape index (κ3) is 2.72. The molecule has 0 aliphatic carbocycles. The molecule has 2 rings (SSSR count). The highest BCUT2D eigenvalue weighted by molar-refractivity contribution is 5.91. The molecule has 80 valence electrons. The lowest BCUT2D eigenvalue weighted by molar-refractivity contribution is -0.463. The number of methoxy groups -OCH3 is 1. The van der Waals surface area contributed by atoms with Crippen LogP contribution in [0.3, 0.4) is 0 Å². The maximum Gasteiger partial charge on any atom is 0.247 e. The minimum absolute atomic E-state index is 0.891. The highest BCUT2D eigenvalue weighted by Gasteiger charge is 2.11. The van der Waals surface area contributed by atoms with Crippen LogP contribution in [0.1, 0.15) is 19.3 Å². The van der Waals surface area contributed by atoms with Crippen molar-refractivity contribution in [3.05, 3.63) is 24.3 Å². The first-order valence-electron chi connectivity index (χ1n) is 5.39. The van der Waals surface area contributed by atoms with Crippen molar-refractivity contribution >= 4 is 11.5 Å². The third-order valence-corrected chi connectivity index (χ3v) is 2.58. The quantitative estimate of drug-likeness (QED) is 0.748. The molecule has 0 spiro atoms. The molecule has 0 saturated heterocycles. The molecule has 0 amide bonds. The summed E-state index contributed by atoms with van der Waals surface area (Å²) < 4.78 is 5.11. The van der Waals surface area contributed by atoms with Gasteiger partial charge in [0.1, 0.15) is 11.4 Å². The van der Waals surface area contributed by atoms with Gasteiger partial charge < -0.3 is 4.74 Å². The molecule has 1 aliphatic heterocycles. The van der Waals surface area contributed by atoms with E-state index < -0.39 is 0 Å². The Morgan fingerprint density at radius 2 is 2.00 bits per heavy atom. The minimum Gasteiger partial charge on any atom is -0.497 e. The van der Waals surface area contributed by atoms with Gasteiger partial charge in [-0.25, -0.2) is 5.32 Å². The molecule has 0 saturated carbocycles. The minimum atomic E-state index is 0.891. The molecule has 0 aromatic heterocycles. The van der Waals surface area contributed by atoms with Crippen molar-refractivity contribution in [2.75, 3.05) is 19.0 Å². The molecule has 15 heavy (non-hydrogen) atoms. The van der Waals surface area contributed by atoms with E-state index in [1.165, 1.54) is 18.7 Å². The summed E-state index contributed by atoms with van der Waals surface area (Å²) in [7, 11) is 1.68. The monoisotopic (exact) mass is 205 g/mol. The number of anilines is 1. The van der Waals surface area contributed by atoms with E-state index in [2.05, 4.69) is 10.3 Å². The summed E-state index contributed by atoms with van der Waals surface area (Å²) in [5.74, 6) is 2.12. The Labute approximate surface area is 90.2 Å². The zero-order valence-corrected chi connectivity index (χ0v) is 9.05. The Morgan fingerprint density at radius 1 is 1.20 bits per heavy atom. The Bertz CT molecular complexity index is 343. The van der Waals surface area contributed by atoms with Gasteiger partial charge in [0.05, 0.1) is 13.7 Å². The highest BCUT2D eigenvalue weighted by atomic mass is 16.5. The molecule has 1 aromatic carbocycles. The highest BCUT2D eigenvalue weighted by Crippen LogP contribution is 2.15. The van der Waals surface area contributed by atoms with Crippen LogP contribution in [-0.4, -0.2) is 19.5 Å². The average Bonchev–Trinajstić information content (AvgIpc) is 2.31. The first-order valence-corrected chi connectivity index (χ1v) is 5.39. The van der Waals surface area contributed by atoms with Gasteiger partial charge in [0.2, 0.25) is 5.84 Å². The Balaban J connectivity index is 2.00. The predicted octanol–water partition coefficient (Wildman–Crippen LogP) is 0.770. The second-order valence-corrected chi connectivity index (χ2v) is 3.72. The lowest BCUT2D eigenvalue weighted by Gasteiger charge is -2.07. The second kappa shape index (κ2) is 4.82. The Morgan fingerprint density at radius 3 is 2.60 bits per heavy atom. The molecular formula is C12H17N2O+. The fourth-order valence-electron chi connectivity index (χ4n) is 1.71. The fourth-order valence-corrected chi connectivity index (χ4v) is 1.71. The van der Waals surface area contributed by atoms with Crippen LogP contribution in [0.15, 0.2) is 24.3 Å². The lowest BCUT2D eigenvalue weighted by atomic mass is 10.2. The van der Waals surface area contributed by atoms with Gasteiger partial charge in [-0.05, 0) is 37.1 Å². The van der Waals surface area contributed by atoms with Gasteiger partial charge in [0.15, 0.2) is 0 Å². The average molecular weight is 205 g/mol. The zero-order chi connectivity index (χ0) is 10.5. The molecule has 1 aromatic rings. The molecular weight excluding hydrogens is 188 g/mol. The topological polar surface area (TPSA) is 35.2 Å². The van der Waals surface area contributed by atoms with Gasteiger partial charge in [-0.15, -0.1) is 0 Å². The van der Waals surface area contributed by atoms with E-state index in [-0.39, 0.29) is 0 Å². The van der Waals surface area contributed by atoms with E-state index >= 15 is 0 Å². The summed E-state index contributed by atoms with van der Waals surface area (Å²) in [6.45, 7) is 1.08. The lowest BCUT2D eigenvalue weighted by Crippen LogP contribution is -2.76. The van der Waals surface area contributed by atoms with Gasteiger partial charge in [0.25, 0.3) is 0 Å².